The number of oxazole rings is 1. The predicted molar refractivity (Wildman–Crippen MR) is 120 cm³/mol. The SMILES string of the molecule is CC(=O)NC(CC(=O)Nc1ccc(-c2nc3ccccc3o2)cc1)c1ccc(C)cc1. The minimum Gasteiger partial charge on any atom is -0.436 e. The summed E-state index contributed by atoms with van der Waals surface area (Å²) >= 11 is 0. The van der Waals surface area contributed by atoms with Gasteiger partial charge in [-0.1, -0.05) is 42.0 Å². The van der Waals surface area contributed by atoms with Crippen LogP contribution in [0, 0.1) is 6.92 Å². The number of benzene rings is 3. The number of carbonyl (C=O) groups excluding carboxylic acids is 2. The monoisotopic (exact) mass is 413 g/mol. The smallest absolute Gasteiger partial charge is 0.227 e. The Morgan fingerprint density at radius 2 is 1.68 bits per heavy atom. The highest BCUT2D eigenvalue weighted by Crippen LogP contribution is 2.25. The zero-order valence-electron chi connectivity index (χ0n) is 17.4. The van der Waals surface area contributed by atoms with E-state index in [1.54, 1.807) is 12.1 Å². The van der Waals surface area contributed by atoms with Crippen LogP contribution in [0.4, 0.5) is 5.69 Å². The fourth-order valence-electron chi connectivity index (χ4n) is 3.39. The number of aryl methyl sites for hydroxylation is 1. The summed E-state index contributed by atoms with van der Waals surface area (Å²) in [5, 5.41) is 5.75. The first-order valence-electron chi connectivity index (χ1n) is 10.1. The number of nitrogens with zero attached hydrogens (tertiary/aromatic N) is 1. The van der Waals surface area contributed by atoms with Gasteiger partial charge in [-0.15, -0.1) is 0 Å². The normalized spacial score (nSPS) is 11.8. The van der Waals surface area contributed by atoms with E-state index in [2.05, 4.69) is 15.6 Å². The summed E-state index contributed by atoms with van der Waals surface area (Å²) in [6, 6.07) is 22.3. The molecular weight excluding hydrogens is 390 g/mol. The van der Waals surface area contributed by atoms with Gasteiger partial charge in [-0.25, -0.2) is 4.98 Å². The lowest BCUT2D eigenvalue weighted by atomic mass is 10.0. The van der Waals surface area contributed by atoms with Crippen LogP contribution < -0.4 is 10.6 Å². The van der Waals surface area contributed by atoms with E-state index < -0.39 is 6.04 Å². The van der Waals surface area contributed by atoms with Crippen molar-refractivity contribution in [3.63, 3.8) is 0 Å². The maximum absolute atomic E-state index is 12.6. The van der Waals surface area contributed by atoms with Crippen molar-refractivity contribution < 1.29 is 14.0 Å². The zero-order valence-corrected chi connectivity index (χ0v) is 17.4. The van der Waals surface area contributed by atoms with Crippen molar-refractivity contribution in [1.82, 2.24) is 10.3 Å². The first-order chi connectivity index (χ1) is 15.0. The van der Waals surface area contributed by atoms with Gasteiger partial charge >= 0.3 is 0 Å². The molecule has 1 aromatic heterocycles. The number of fused-ring (bicyclic) bond motifs is 1. The maximum Gasteiger partial charge on any atom is 0.227 e. The summed E-state index contributed by atoms with van der Waals surface area (Å²) < 4.78 is 5.78. The molecule has 4 rings (SSSR count). The molecule has 31 heavy (non-hydrogen) atoms. The van der Waals surface area contributed by atoms with E-state index in [0.717, 1.165) is 27.8 Å². The summed E-state index contributed by atoms with van der Waals surface area (Å²) in [7, 11) is 0. The molecule has 6 nitrogen and oxygen atoms in total. The molecule has 6 heteroatoms. The van der Waals surface area contributed by atoms with Crippen LogP contribution in [-0.4, -0.2) is 16.8 Å². The molecule has 1 unspecified atom stereocenters. The summed E-state index contributed by atoms with van der Waals surface area (Å²) in [6.45, 7) is 3.44. The Bertz CT molecular complexity index is 1180. The zero-order chi connectivity index (χ0) is 21.8. The van der Waals surface area contributed by atoms with Gasteiger partial charge < -0.3 is 15.1 Å². The van der Waals surface area contributed by atoms with Crippen LogP contribution in [0.3, 0.4) is 0 Å². The number of anilines is 1. The van der Waals surface area contributed by atoms with Crippen molar-refractivity contribution in [2.45, 2.75) is 26.3 Å². The van der Waals surface area contributed by atoms with Gasteiger partial charge in [0.1, 0.15) is 5.52 Å². The van der Waals surface area contributed by atoms with Crippen molar-refractivity contribution in [2.24, 2.45) is 0 Å². The molecule has 2 amide bonds. The second kappa shape index (κ2) is 8.83. The fourth-order valence-corrected chi connectivity index (χ4v) is 3.39. The van der Waals surface area contributed by atoms with E-state index in [-0.39, 0.29) is 18.2 Å². The summed E-state index contributed by atoms with van der Waals surface area (Å²) in [6.07, 6.45) is 0.134. The minimum absolute atomic E-state index is 0.134. The van der Waals surface area contributed by atoms with Gasteiger partial charge in [0.15, 0.2) is 5.58 Å². The van der Waals surface area contributed by atoms with Gasteiger partial charge in [0.05, 0.1) is 12.5 Å². The van der Waals surface area contributed by atoms with Crippen molar-refractivity contribution >= 4 is 28.6 Å². The van der Waals surface area contributed by atoms with Crippen LogP contribution in [0.25, 0.3) is 22.6 Å². The number of aromatic nitrogens is 1. The highest BCUT2D eigenvalue weighted by Gasteiger charge is 2.17. The standard InChI is InChI=1S/C25H23N3O3/c1-16-7-9-18(10-8-16)22(26-17(2)29)15-24(30)27-20-13-11-19(12-14-20)25-28-21-5-3-4-6-23(21)31-25/h3-14,22H,15H2,1-2H3,(H,26,29)(H,27,30). The lowest BCUT2D eigenvalue weighted by molar-refractivity contribution is -0.120. The van der Waals surface area contributed by atoms with Crippen LogP contribution in [0.5, 0.6) is 0 Å². The molecule has 0 aliphatic rings. The average Bonchev–Trinajstić information content (AvgIpc) is 3.18. The average molecular weight is 413 g/mol. The van der Waals surface area contributed by atoms with Gasteiger partial charge in [-0.05, 0) is 48.9 Å². The minimum atomic E-state index is -0.392. The molecule has 2 N–H and O–H groups in total. The fraction of sp³-hybridized carbons (Fsp3) is 0.160. The number of nitrogens with one attached hydrogen (secondary N) is 2. The molecule has 0 saturated heterocycles. The second-order valence-corrected chi connectivity index (χ2v) is 7.48. The molecular formula is C25H23N3O3. The highest BCUT2D eigenvalue weighted by atomic mass is 16.3. The van der Waals surface area contributed by atoms with E-state index in [4.69, 9.17) is 4.42 Å². The van der Waals surface area contributed by atoms with Crippen LogP contribution in [0.15, 0.2) is 77.2 Å². The van der Waals surface area contributed by atoms with Crippen LogP contribution in [-0.2, 0) is 9.59 Å². The van der Waals surface area contributed by atoms with Crippen molar-refractivity contribution in [2.75, 3.05) is 5.32 Å². The quantitative estimate of drug-likeness (QED) is 0.465. The lowest BCUT2D eigenvalue weighted by Crippen LogP contribution is -2.29. The van der Waals surface area contributed by atoms with Gasteiger partial charge in [-0.3, -0.25) is 9.59 Å². The summed E-state index contributed by atoms with van der Waals surface area (Å²) in [4.78, 5) is 28.7. The molecule has 1 heterocycles. The van der Waals surface area contributed by atoms with E-state index in [1.807, 2.05) is 67.6 Å². The molecule has 0 radical (unpaired) electrons. The van der Waals surface area contributed by atoms with Crippen LogP contribution in [0.1, 0.15) is 30.5 Å². The Kier molecular flexibility index (Phi) is 5.80. The van der Waals surface area contributed by atoms with Gasteiger partial charge in [0.25, 0.3) is 0 Å². The van der Waals surface area contributed by atoms with Crippen molar-refractivity contribution in [3.8, 4) is 11.5 Å². The van der Waals surface area contributed by atoms with Gasteiger partial charge in [0.2, 0.25) is 17.7 Å². The third-order valence-electron chi connectivity index (χ3n) is 4.96. The van der Waals surface area contributed by atoms with Gasteiger partial charge in [-0.2, -0.15) is 0 Å². The Labute approximate surface area is 180 Å². The molecule has 0 spiro atoms. The van der Waals surface area contributed by atoms with E-state index in [0.29, 0.717) is 11.6 Å². The Balaban J connectivity index is 1.44. The third kappa shape index (κ3) is 4.98. The second-order valence-electron chi connectivity index (χ2n) is 7.48. The number of hydrogen-bond donors (Lipinski definition) is 2. The molecule has 0 bridgehead atoms. The molecule has 4 aromatic rings. The largest absolute Gasteiger partial charge is 0.436 e. The lowest BCUT2D eigenvalue weighted by Gasteiger charge is -2.18. The predicted octanol–water partition coefficient (Wildman–Crippen LogP) is 5.01. The molecule has 156 valence electrons. The maximum atomic E-state index is 12.6. The number of hydrogen-bond acceptors (Lipinski definition) is 4. The first kappa shape index (κ1) is 20.3. The summed E-state index contributed by atoms with van der Waals surface area (Å²) in [5.41, 5.74) is 5.03. The van der Waals surface area contributed by atoms with Crippen LogP contribution >= 0.6 is 0 Å². The first-order valence-corrected chi connectivity index (χ1v) is 10.1. The third-order valence-corrected chi connectivity index (χ3v) is 4.96. The summed E-state index contributed by atoms with van der Waals surface area (Å²) in [5.74, 6) is 0.166. The molecule has 0 aliphatic heterocycles. The van der Waals surface area contributed by atoms with Crippen molar-refractivity contribution in [3.05, 3.63) is 83.9 Å². The van der Waals surface area contributed by atoms with Gasteiger partial charge in [0, 0.05) is 18.2 Å². The van der Waals surface area contributed by atoms with Crippen LogP contribution in [0.2, 0.25) is 0 Å². The van der Waals surface area contributed by atoms with E-state index in [1.165, 1.54) is 6.92 Å². The Morgan fingerprint density at radius 3 is 2.35 bits per heavy atom. The number of rotatable bonds is 6. The molecule has 1 atom stereocenters. The number of carbonyl (C=O) groups is 2. The van der Waals surface area contributed by atoms with E-state index in [9.17, 15) is 9.59 Å². The molecule has 3 aromatic carbocycles. The molecule has 0 aliphatic carbocycles. The topological polar surface area (TPSA) is 84.2 Å². The Hall–Kier alpha value is -3.93. The molecule has 0 fully saturated rings. The Morgan fingerprint density at radius 1 is 0.968 bits per heavy atom. The number of amides is 2. The highest BCUT2D eigenvalue weighted by molar-refractivity contribution is 5.92. The number of para-hydroxylation sites is 2. The van der Waals surface area contributed by atoms with E-state index >= 15 is 0 Å². The van der Waals surface area contributed by atoms with Crippen molar-refractivity contribution in [1.29, 1.82) is 0 Å². The molecule has 0 saturated carbocycles.